The predicted molar refractivity (Wildman–Crippen MR) is 56.1 cm³/mol. The highest BCUT2D eigenvalue weighted by atomic mass is 19.4. The quantitative estimate of drug-likeness (QED) is 0.841. The van der Waals surface area contributed by atoms with Crippen molar-refractivity contribution >= 4 is 0 Å². The smallest absolute Gasteiger partial charge is 0.351 e. The first-order valence-electron chi connectivity index (χ1n) is 5.77. The molecule has 2 aromatic rings. The molecule has 1 saturated carbocycles. The Balaban J connectivity index is 1.97. The van der Waals surface area contributed by atoms with Crippen LogP contribution in [0.3, 0.4) is 0 Å². The Kier molecular flexibility index (Phi) is 2.45. The first-order chi connectivity index (χ1) is 8.92. The molecular weight excluding hydrogens is 263 g/mol. The first kappa shape index (κ1) is 12.2. The van der Waals surface area contributed by atoms with Gasteiger partial charge in [-0.25, -0.2) is 0 Å². The monoisotopic (exact) mass is 273 g/mol. The molecule has 0 N–H and O–H groups in total. The number of alkyl halides is 3. The van der Waals surface area contributed by atoms with Gasteiger partial charge in [-0.1, -0.05) is 16.7 Å². The molecule has 102 valence electrons. The van der Waals surface area contributed by atoms with Gasteiger partial charge in [-0.15, -0.1) is 0 Å². The van der Waals surface area contributed by atoms with Crippen LogP contribution in [-0.2, 0) is 5.41 Å². The van der Waals surface area contributed by atoms with E-state index in [9.17, 15) is 13.2 Å². The van der Waals surface area contributed by atoms with Crippen molar-refractivity contribution in [2.24, 2.45) is 0 Å². The van der Waals surface area contributed by atoms with E-state index in [0.717, 1.165) is 0 Å². The average molecular weight is 273 g/mol. The molecule has 5 nitrogen and oxygen atoms in total. The molecule has 0 spiro atoms. The number of hydrogen-bond acceptors (Lipinski definition) is 5. The van der Waals surface area contributed by atoms with Crippen LogP contribution < -0.4 is 0 Å². The van der Waals surface area contributed by atoms with E-state index in [1.54, 1.807) is 6.92 Å². The maximum absolute atomic E-state index is 13.1. The number of aromatic nitrogens is 3. The zero-order valence-corrected chi connectivity index (χ0v) is 9.99. The molecule has 2 heterocycles. The van der Waals surface area contributed by atoms with E-state index >= 15 is 0 Å². The van der Waals surface area contributed by atoms with Crippen molar-refractivity contribution in [1.82, 2.24) is 15.3 Å². The summed E-state index contributed by atoms with van der Waals surface area (Å²) >= 11 is 0. The standard InChI is InChI=1S/C11H10F3N3O2/c1-6-5-7(18-16-6)8-15-9(17-19-8)10(3-2-4-10)11(12,13)14/h5H,2-4H2,1H3. The van der Waals surface area contributed by atoms with Crippen LogP contribution in [0.15, 0.2) is 15.1 Å². The summed E-state index contributed by atoms with van der Waals surface area (Å²) in [7, 11) is 0. The third-order valence-electron chi connectivity index (χ3n) is 3.44. The number of rotatable bonds is 2. The van der Waals surface area contributed by atoms with E-state index in [4.69, 9.17) is 9.05 Å². The molecule has 0 saturated heterocycles. The lowest BCUT2D eigenvalue weighted by molar-refractivity contribution is -0.215. The molecular formula is C11H10F3N3O2. The Morgan fingerprint density at radius 3 is 2.42 bits per heavy atom. The van der Waals surface area contributed by atoms with Crippen molar-refractivity contribution in [3.05, 3.63) is 17.6 Å². The van der Waals surface area contributed by atoms with E-state index in [-0.39, 0.29) is 30.3 Å². The summed E-state index contributed by atoms with van der Waals surface area (Å²) in [5.74, 6) is -0.227. The molecule has 8 heteroatoms. The molecule has 0 atom stereocenters. The van der Waals surface area contributed by atoms with Crippen LogP contribution in [-0.4, -0.2) is 21.5 Å². The van der Waals surface area contributed by atoms with Gasteiger partial charge in [0.1, 0.15) is 5.41 Å². The largest absolute Gasteiger partial charge is 0.401 e. The van der Waals surface area contributed by atoms with Gasteiger partial charge in [-0.3, -0.25) is 0 Å². The molecule has 3 rings (SSSR count). The van der Waals surface area contributed by atoms with E-state index in [1.807, 2.05) is 0 Å². The predicted octanol–water partition coefficient (Wildman–Crippen LogP) is 3.02. The molecule has 2 aromatic heterocycles. The third-order valence-corrected chi connectivity index (χ3v) is 3.44. The fourth-order valence-corrected chi connectivity index (χ4v) is 2.15. The van der Waals surface area contributed by atoms with Crippen LogP contribution in [0.25, 0.3) is 11.7 Å². The third kappa shape index (κ3) is 1.73. The minimum absolute atomic E-state index is 0.00902. The molecule has 19 heavy (non-hydrogen) atoms. The molecule has 0 bridgehead atoms. The van der Waals surface area contributed by atoms with Gasteiger partial charge in [0.25, 0.3) is 5.89 Å². The first-order valence-corrected chi connectivity index (χ1v) is 5.77. The van der Waals surface area contributed by atoms with Crippen LogP contribution in [0.4, 0.5) is 13.2 Å². The van der Waals surface area contributed by atoms with Crippen molar-refractivity contribution in [1.29, 1.82) is 0 Å². The van der Waals surface area contributed by atoms with Crippen LogP contribution in [0.2, 0.25) is 0 Å². The van der Waals surface area contributed by atoms with Crippen molar-refractivity contribution in [2.45, 2.75) is 37.8 Å². The second-order valence-electron chi connectivity index (χ2n) is 4.69. The molecule has 0 aromatic carbocycles. The summed E-state index contributed by atoms with van der Waals surface area (Å²) in [4.78, 5) is 3.82. The molecule has 0 amide bonds. The maximum atomic E-state index is 13.1. The van der Waals surface area contributed by atoms with Gasteiger partial charge in [0.2, 0.25) is 5.76 Å². The fraction of sp³-hybridized carbons (Fsp3) is 0.545. The number of halogens is 3. The van der Waals surface area contributed by atoms with Crippen LogP contribution >= 0.6 is 0 Å². The van der Waals surface area contributed by atoms with Crippen LogP contribution in [0, 0.1) is 6.92 Å². The van der Waals surface area contributed by atoms with Crippen molar-refractivity contribution < 1.29 is 22.2 Å². The van der Waals surface area contributed by atoms with Crippen LogP contribution in [0.5, 0.6) is 0 Å². The molecule has 1 aliphatic carbocycles. The second-order valence-corrected chi connectivity index (χ2v) is 4.69. The SMILES string of the molecule is Cc1cc(-c2nc(C3(C(F)(F)F)CCC3)no2)on1. The summed E-state index contributed by atoms with van der Waals surface area (Å²) in [6, 6.07) is 1.53. The van der Waals surface area contributed by atoms with E-state index in [0.29, 0.717) is 12.1 Å². The van der Waals surface area contributed by atoms with Gasteiger partial charge in [0.05, 0.1) is 5.69 Å². The Hall–Kier alpha value is -1.86. The second kappa shape index (κ2) is 3.82. The van der Waals surface area contributed by atoms with Gasteiger partial charge in [0.15, 0.2) is 5.82 Å². The lowest BCUT2D eigenvalue weighted by Gasteiger charge is -2.40. The topological polar surface area (TPSA) is 65.0 Å². The van der Waals surface area contributed by atoms with E-state index in [2.05, 4.69) is 15.3 Å². The lowest BCUT2D eigenvalue weighted by Crippen LogP contribution is -2.48. The molecule has 0 unspecified atom stereocenters. The Labute approximate surface area is 105 Å². The van der Waals surface area contributed by atoms with Gasteiger partial charge < -0.3 is 9.05 Å². The lowest BCUT2D eigenvalue weighted by atomic mass is 9.67. The van der Waals surface area contributed by atoms with E-state index in [1.165, 1.54) is 6.07 Å². The van der Waals surface area contributed by atoms with Crippen molar-refractivity contribution in [3.8, 4) is 11.7 Å². The minimum Gasteiger partial charge on any atom is -0.351 e. The van der Waals surface area contributed by atoms with Gasteiger partial charge in [0, 0.05) is 6.07 Å². The van der Waals surface area contributed by atoms with Crippen molar-refractivity contribution in [3.63, 3.8) is 0 Å². The van der Waals surface area contributed by atoms with Crippen LogP contribution in [0.1, 0.15) is 30.8 Å². The molecule has 0 aliphatic heterocycles. The van der Waals surface area contributed by atoms with Gasteiger partial charge >= 0.3 is 6.18 Å². The minimum atomic E-state index is -4.37. The summed E-state index contributed by atoms with van der Waals surface area (Å²) in [6.45, 7) is 1.69. The number of aryl methyl sites for hydroxylation is 1. The average Bonchev–Trinajstić information content (AvgIpc) is 2.82. The highest BCUT2D eigenvalue weighted by Gasteiger charge is 2.62. The zero-order valence-electron chi connectivity index (χ0n) is 9.99. The zero-order chi connectivity index (χ0) is 13.7. The Bertz CT molecular complexity index is 598. The summed E-state index contributed by atoms with van der Waals surface area (Å²) in [6.07, 6.45) is -3.88. The molecule has 1 aliphatic rings. The number of hydrogen-bond donors (Lipinski definition) is 0. The normalized spacial score (nSPS) is 18.3. The molecule has 1 fully saturated rings. The maximum Gasteiger partial charge on any atom is 0.401 e. The summed E-state index contributed by atoms with van der Waals surface area (Å²) in [5.41, 5.74) is -1.38. The van der Waals surface area contributed by atoms with E-state index < -0.39 is 11.6 Å². The molecule has 0 radical (unpaired) electrons. The summed E-state index contributed by atoms with van der Waals surface area (Å²) < 4.78 is 49.0. The number of nitrogens with zero attached hydrogens (tertiary/aromatic N) is 3. The Morgan fingerprint density at radius 2 is 1.95 bits per heavy atom. The highest BCUT2D eigenvalue weighted by molar-refractivity contribution is 5.44. The highest BCUT2D eigenvalue weighted by Crippen LogP contribution is 2.53. The summed E-state index contributed by atoms with van der Waals surface area (Å²) in [5, 5.41) is 7.09. The Morgan fingerprint density at radius 1 is 1.21 bits per heavy atom. The van der Waals surface area contributed by atoms with Gasteiger partial charge in [-0.05, 0) is 19.8 Å². The van der Waals surface area contributed by atoms with Crippen molar-refractivity contribution in [2.75, 3.05) is 0 Å². The van der Waals surface area contributed by atoms with Gasteiger partial charge in [-0.2, -0.15) is 18.2 Å². The fourth-order valence-electron chi connectivity index (χ4n) is 2.15.